The van der Waals surface area contributed by atoms with Gasteiger partial charge < -0.3 is 16.3 Å². The topological polar surface area (TPSA) is 70.6 Å². The highest BCUT2D eigenvalue weighted by molar-refractivity contribution is 5.85. The molecule has 0 saturated heterocycles. The number of hydrogen-bond donors (Lipinski definition) is 3. The smallest absolute Gasteiger partial charge is 0.156 e. The quantitative estimate of drug-likeness (QED) is 0.291. The molecule has 1 fully saturated rings. The van der Waals surface area contributed by atoms with Crippen LogP contribution in [0.25, 0.3) is 0 Å². The second kappa shape index (κ2) is 6.74. The molecule has 16 heavy (non-hydrogen) atoms. The molecule has 0 radical (unpaired) electrons. The lowest BCUT2D eigenvalue weighted by Gasteiger charge is -2.27. The van der Waals surface area contributed by atoms with Crippen molar-refractivity contribution in [2.24, 2.45) is 22.7 Å². The van der Waals surface area contributed by atoms with Gasteiger partial charge in [-0.1, -0.05) is 31.8 Å². The molecule has 1 saturated carbocycles. The number of nitrogens with one attached hydrogen (secondary N) is 1. The Hall–Kier alpha value is -0.770. The maximum absolute atomic E-state index is 8.63. The van der Waals surface area contributed by atoms with Gasteiger partial charge in [0.1, 0.15) is 0 Å². The molecule has 1 unspecified atom stereocenters. The summed E-state index contributed by atoms with van der Waals surface area (Å²) >= 11 is 0. The number of nitrogens with zero attached hydrogens (tertiary/aromatic N) is 1. The summed E-state index contributed by atoms with van der Waals surface area (Å²) in [4.78, 5) is 0. The molecule has 1 atom stereocenters. The van der Waals surface area contributed by atoms with Crippen LogP contribution in [0, 0.1) is 11.8 Å². The van der Waals surface area contributed by atoms with E-state index in [-0.39, 0.29) is 6.04 Å². The summed E-state index contributed by atoms with van der Waals surface area (Å²) in [5.74, 6) is 1.95. The fourth-order valence-corrected chi connectivity index (χ4v) is 2.37. The van der Waals surface area contributed by atoms with Gasteiger partial charge in [0.15, 0.2) is 5.84 Å². The summed E-state index contributed by atoms with van der Waals surface area (Å²) in [5, 5.41) is 15.1. The van der Waals surface area contributed by atoms with Crippen LogP contribution < -0.4 is 11.1 Å². The highest BCUT2D eigenvalue weighted by atomic mass is 16.4. The number of rotatable bonds is 5. The molecule has 0 amide bonds. The van der Waals surface area contributed by atoms with Crippen molar-refractivity contribution < 1.29 is 5.21 Å². The Labute approximate surface area is 98.3 Å². The molecule has 4 heteroatoms. The van der Waals surface area contributed by atoms with E-state index < -0.39 is 0 Å². The first-order valence-electron chi connectivity index (χ1n) is 6.38. The number of nitrogens with two attached hydrogens (primary N) is 1. The number of hydrogen-bond acceptors (Lipinski definition) is 3. The molecule has 0 aromatic carbocycles. The van der Waals surface area contributed by atoms with Gasteiger partial charge in [-0.3, -0.25) is 0 Å². The van der Waals surface area contributed by atoms with Crippen LogP contribution in [0.15, 0.2) is 5.16 Å². The van der Waals surface area contributed by atoms with E-state index in [4.69, 9.17) is 10.9 Å². The molecule has 0 aromatic rings. The molecule has 4 N–H and O–H groups in total. The Balaban J connectivity index is 2.27. The van der Waals surface area contributed by atoms with Crippen LogP contribution in [0.1, 0.15) is 46.0 Å². The summed E-state index contributed by atoms with van der Waals surface area (Å²) in [6, 6.07) is 0.0179. The fraction of sp³-hybridized carbons (Fsp3) is 0.917. The van der Waals surface area contributed by atoms with Crippen LogP contribution in [0.4, 0.5) is 0 Å². The Morgan fingerprint density at radius 1 is 1.44 bits per heavy atom. The maximum Gasteiger partial charge on any atom is 0.156 e. The molecule has 4 nitrogen and oxygen atoms in total. The third-order valence-corrected chi connectivity index (χ3v) is 3.67. The first-order chi connectivity index (χ1) is 7.67. The van der Waals surface area contributed by atoms with Crippen molar-refractivity contribution in [2.75, 3.05) is 6.54 Å². The normalized spacial score (nSPS) is 29.0. The molecule has 1 aliphatic rings. The van der Waals surface area contributed by atoms with Gasteiger partial charge in [-0.15, -0.1) is 0 Å². The molecule has 0 aliphatic heterocycles. The van der Waals surface area contributed by atoms with Crippen molar-refractivity contribution in [2.45, 2.75) is 52.0 Å². The zero-order valence-corrected chi connectivity index (χ0v) is 10.4. The molecule has 0 aromatic heterocycles. The summed E-state index contributed by atoms with van der Waals surface area (Å²) < 4.78 is 0. The van der Waals surface area contributed by atoms with Crippen molar-refractivity contribution in [1.82, 2.24) is 5.32 Å². The Morgan fingerprint density at radius 2 is 2.06 bits per heavy atom. The molecular formula is C12H25N3O. The second-order valence-electron chi connectivity index (χ2n) is 5.02. The Bertz CT molecular complexity index is 222. The standard InChI is InChI=1S/C12H25N3O/c1-3-11(12(13)15-16)14-8-10-6-4-9(2)5-7-10/h9-11,14,16H,3-8H2,1-2H3,(H2,13,15). The molecule has 94 valence electrons. The minimum atomic E-state index is 0.0179. The fourth-order valence-electron chi connectivity index (χ4n) is 2.37. The maximum atomic E-state index is 8.63. The van der Waals surface area contributed by atoms with E-state index in [1.54, 1.807) is 0 Å². The molecule has 1 rings (SSSR count). The summed E-state index contributed by atoms with van der Waals surface area (Å²) in [6.45, 7) is 5.36. The van der Waals surface area contributed by atoms with Crippen LogP contribution in [0.3, 0.4) is 0 Å². The van der Waals surface area contributed by atoms with Gasteiger partial charge in [-0.2, -0.15) is 0 Å². The largest absolute Gasteiger partial charge is 0.409 e. The summed E-state index contributed by atoms with van der Waals surface area (Å²) in [5.41, 5.74) is 5.60. The summed E-state index contributed by atoms with van der Waals surface area (Å²) in [7, 11) is 0. The molecule has 0 heterocycles. The highest BCUT2D eigenvalue weighted by Crippen LogP contribution is 2.27. The first-order valence-corrected chi connectivity index (χ1v) is 6.38. The first kappa shape index (κ1) is 13.3. The monoisotopic (exact) mass is 227 g/mol. The van der Waals surface area contributed by atoms with E-state index in [0.717, 1.165) is 24.8 Å². The average Bonchev–Trinajstić information content (AvgIpc) is 2.31. The van der Waals surface area contributed by atoms with Crippen molar-refractivity contribution in [3.8, 4) is 0 Å². The van der Waals surface area contributed by atoms with Crippen LogP contribution >= 0.6 is 0 Å². The van der Waals surface area contributed by atoms with Crippen LogP contribution in [0.2, 0.25) is 0 Å². The van der Waals surface area contributed by atoms with E-state index in [0.29, 0.717) is 5.84 Å². The van der Waals surface area contributed by atoms with Gasteiger partial charge in [-0.05, 0) is 37.6 Å². The van der Waals surface area contributed by atoms with Crippen LogP contribution in [-0.4, -0.2) is 23.6 Å². The molecular weight excluding hydrogens is 202 g/mol. The van der Waals surface area contributed by atoms with Crippen LogP contribution in [0.5, 0.6) is 0 Å². The molecule has 1 aliphatic carbocycles. The Kier molecular flexibility index (Phi) is 5.60. The lowest BCUT2D eigenvalue weighted by Crippen LogP contribution is -2.43. The zero-order valence-electron chi connectivity index (χ0n) is 10.4. The predicted molar refractivity (Wildman–Crippen MR) is 66.6 cm³/mol. The SMILES string of the molecule is CCC(NCC1CCC(C)CC1)C(N)=NO. The van der Waals surface area contributed by atoms with E-state index in [9.17, 15) is 0 Å². The van der Waals surface area contributed by atoms with E-state index in [2.05, 4.69) is 17.4 Å². The molecule has 0 bridgehead atoms. The minimum absolute atomic E-state index is 0.0179. The highest BCUT2D eigenvalue weighted by Gasteiger charge is 2.19. The third kappa shape index (κ3) is 4.00. The predicted octanol–water partition coefficient (Wildman–Crippen LogP) is 1.93. The van der Waals surface area contributed by atoms with Crippen molar-refractivity contribution in [3.63, 3.8) is 0 Å². The lowest BCUT2D eigenvalue weighted by molar-refractivity contribution is 0.276. The lowest BCUT2D eigenvalue weighted by atomic mass is 9.83. The average molecular weight is 227 g/mol. The van der Waals surface area contributed by atoms with E-state index >= 15 is 0 Å². The van der Waals surface area contributed by atoms with Gasteiger partial charge in [-0.25, -0.2) is 0 Å². The van der Waals surface area contributed by atoms with Gasteiger partial charge in [0.25, 0.3) is 0 Å². The van der Waals surface area contributed by atoms with Gasteiger partial charge in [0.2, 0.25) is 0 Å². The van der Waals surface area contributed by atoms with Gasteiger partial charge in [0, 0.05) is 0 Å². The van der Waals surface area contributed by atoms with Crippen LogP contribution in [-0.2, 0) is 0 Å². The third-order valence-electron chi connectivity index (χ3n) is 3.67. The van der Waals surface area contributed by atoms with Gasteiger partial charge in [0.05, 0.1) is 6.04 Å². The Morgan fingerprint density at radius 3 is 2.56 bits per heavy atom. The van der Waals surface area contributed by atoms with E-state index in [1.807, 2.05) is 6.92 Å². The van der Waals surface area contributed by atoms with Gasteiger partial charge >= 0.3 is 0 Å². The van der Waals surface area contributed by atoms with Crippen molar-refractivity contribution in [1.29, 1.82) is 0 Å². The zero-order chi connectivity index (χ0) is 12.0. The van der Waals surface area contributed by atoms with E-state index in [1.165, 1.54) is 25.7 Å². The second-order valence-corrected chi connectivity index (χ2v) is 5.02. The molecule has 0 spiro atoms. The number of oxime groups is 1. The summed E-state index contributed by atoms with van der Waals surface area (Å²) in [6.07, 6.45) is 6.15. The van der Waals surface area contributed by atoms with Crippen molar-refractivity contribution >= 4 is 5.84 Å². The number of amidine groups is 1. The minimum Gasteiger partial charge on any atom is -0.409 e. The van der Waals surface area contributed by atoms with Crippen molar-refractivity contribution in [3.05, 3.63) is 0 Å².